The van der Waals surface area contributed by atoms with Crippen molar-refractivity contribution in [2.75, 3.05) is 16.2 Å². The zero-order valence-corrected chi connectivity index (χ0v) is 22.5. The Kier molecular flexibility index (Phi) is 8.72. The Morgan fingerprint density at radius 3 is 2.39 bits per heavy atom. The molecule has 2 atom stereocenters. The number of carbonyl (C=O) groups is 2. The molecule has 0 saturated heterocycles. The number of aromatic nitrogens is 1. The minimum Gasteiger partial charge on any atom is -0.486 e. The maximum Gasteiger partial charge on any atom is 0.433 e. The molecule has 1 aromatic heterocycles. The second kappa shape index (κ2) is 11.3. The number of aliphatic carboxylic acids is 1. The number of hydrogen-bond acceptors (Lipinski definition) is 7. The van der Waals surface area contributed by atoms with Crippen molar-refractivity contribution in [1.29, 1.82) is 0 Å². The Morgan fingerprint density at radius 2 is 1.83 bits per heavy atom. The largest absolute Gasteiger partial charge is 0.486 e. The molecule has 0 aliphatic carbocycles. The summed E-state index contributed by atoms with van der Waals surface area (Å²) in [5.41, 5.74) is -4.85. The molecule has 0 unspecified atom stereocenters. The second-order valence-corrected chi connectivity index (χ2v) is 11.4. The number of alkyl halides is 6. The maximum absolute atomic E-state index is 13.6. The predicted molar refractivity (Wildman–Crippen MR) is 131 cm³/mol. The van der Waals surface area contributed by atoms with Crippen LogP contribution < -0.4 is 14.4 Å². The number of anilines is 2. The number of benzene rings is 1. The Morgan fingerprint density at radius 1 is 1.17 bits per heavy atom. The van der Waals surface area contributed by atoms with Crippen LogP contribution in [0.25, 0.3) is 0 Å². The van der Waals surface area contributed by atoms with Gasteiger partial charge in [-0.25, -0.2) is 13.2 Å². The van der Waals surface area contributed by atoms with Gasteiger partial charge in [-0.1, -0.05) is 6.92 Å². The molecule has 226 valence electrons. The van der Waals surface area contributed by atoms with Crippen LogP contribution in [0.15, 0.2) is 41.4 Å². The molecule has 0 saturated carbocycles. The first-order valence-electron chi connectivity index (χ1n) is 11.9. The van der Waals surface area contributed by atoms with Crippen LogP contribution in [0, 0.1) is 5.92 Å². The van der Waals surface area contributed by atoms with Gasteiger partial charge in [0.15, 0.2) is 0 Å². The van der Waals surface area contributed by atoms with Crippen molar-refractivity contribution < 1.29 is 58.9 Å². The molecule has 17 heteroatoms. The summed E-state index contributed by atoms with van der Waals surface area (Å²) in [5, 5.41) is 11.5. The number of sulfonamides is 1. The third-order valence-corrected chi connectivity index (χ3v) is 7.94. The van der Waals surface area contributed by atoms with Gasteiger partial charge in [0, 0.05) is 11.9 Å². The smallest absolute Gasteiger partial charge is 0.433 e. The summed E-state index contributed by atoms with van der Waals surface area (Å²) in [5.74, 6) is -2.23. The van der Waals surface area contributed by atoms with Crippen molar-refractivity contribution in [3.63, 3.8) is 0 Å². The lowest BCUT2D eigenvalue weighted by molar-refractivity contribution is -0.242. The molecule has 1 aliphatic rings. The monoisotopic (exact) mass is 613 g/mol. The van der Waals surface area contributed by atoms with Crippen LogP contribution >= 0.6 is 0 Å². The van der Waals surface area contributed by atoms with Gasteiger partial charge in [0.05, 0.1) is 23.0 Å². The van der Waals surface area contributed by atoms with Crippen molar-refractivity contribution in [2.45, 2.75) is 62.6 Å². The Bertz CT molecular complexity index is 1410. The lowest BCUT2D eigenvalue weighted by Crippen LogP contribution is -2.45. The van der Waals surface area contributed by atoms with Crippen LogP contribution in [-0.4, -0.2) is 55.0 Å². The van der Waals surface area contributed by atoms with E-state index in [1.54, 1.807) is 6.92 Å². The topological polar surface area (TPSA) is 135 Å². The maximum atomic E-state index is 13.6. The van der Waals surface area contributed by atoms with Gasteiger partial charge in [-0.3, -0.25) is 19.4 Å². The fourth-order valence-corrected chi connectivity index (χ4v) is 5.30. The average molecular weight is 614 g/mol. The normalized spacial score (nSPS) is 16.8. The molecular weight excluding hydrogens is 588 g/mol. The van der Waals surface area contributed by atoms with E-state index in [0.29, 0.717) is 30.4 Å². The van der Waals surface area contributed by atoms with Crippen molar-refractivity contribution in [2.24, 2.45) is 5.92 Å². The first kappa shape index (κ1) is 31.8. The van der Waals surface area contributed by atoms with Crippen molar-refractivity contribution in [3.8, 4) is 5.75 Å². The van der Waals surface area contributed by atoms with Crippen LogP contribution in [0.5, 0.6) is 5.75 Å². The van der Waals surface area contributed by atoms with Gasteiger partial charge in [-0.05, 0) is 57.0 Å². The van der Waals surface area contributed by atoms with Crippen LogP contribution in [-0.2, 0) is 25.7 Å². The number of rotatable bonds is 8. The van der Waals surface area contributed by atoms with Crippen LogP contribution in [0.3, 0.4) is 0 Å². The highest BCUT2D eigenvalue weighted by Crippen LogP contribution is 2.41. The molecule has 2 aromatic rings. The highest BCUT2D eigenvalue weighted by atomic mass is 32.2. The number of amides is 1. The lowest BCUT2D eigenvalue weighted by Gasteiger charge is -2.36. The number of hydrogen-bond donors (Lipinski definition) is 2. The van der Waals surface area contributed by atoms with Crippen LogP contribution in [0.4, 0.5) is 42.5 Å². The Hall–Kier alpha value is -3.76. The van der Waals surface area contributed by atoms with Gasteiger partial charge >= 0.3 is 24.4 Å². The summed E-state index contributed by atoms with van der Waals surface area (Å²) < 4.78 is 117. The molecule has 10 nitrogen and oxygen atoms in total. The number of fused-ring (bicyclic) bond motifs is 1. The molecule has 1 amide bonds. The molecule has 3 rings (SSSR count). The number of halogens is 6. The summed E-state index contributed by atoms with van der Waals surface area (Å²) in [6.07, 6.45) is -11.8. The number of carbonyl (C=O) groups excluding carboxylic acids is 1. The average Bonchev–Trinajstić information content (AvgIpc) is 2.85. The fourth-order valence-electron chi connectivity index (χ4n) is 3.79. The second-order valence-electron chi connectivity index (χ2n) is 9.53. The van der Waals surface area contributed by atoms with Gasteiger partial charge in [0.25, 0.3) is 10.0 Å². The van der Waals surface area contributed by atoms with Crippen molar-refractivity contribution in [3.05, 3.63) is 42.2 Å². The van der Waals surface area contributed by atoms with E-state index in [9.17, 15) is 49.5 Å². The summed E-state index contributed by atoms with van der Waals surface area (Å²) in [4.78, 5) is 26.1. The fraction of sp³-hybridized carbons (Fsp3) is 0.458. The Balaban J connectivity index is 2.03. The standard InChI is InChI=1S/C24H25F6N3O7S/c1-4-13(20(34)35)9-15-12-33(41(37,38)16-7-8-31-19(11-16)23(25,26)27)17-10-14(5-6-18(17)39-15)32-21(36)40-22(2,3)24(28,29)30/h5-8,10-11,13,15H,4,9,12H2,1-3H3,(H,32,36)(H,34,35)/t13-,15-/m0/s1. The molecule has 0 bridgehead atoms. The molecule has 2 N–H and O–H groups in total. The van der Waals surface area contributed by atoms with Gasteiger partial charge in [0.1, 0.15) is 17.5 Å². The van der Waals surface area contributed by atoms with Crippen molar-refractivity contribution >= 4 is 33.5 Å². The van der Waals surface area contributed by atoms with E-state index >= 15 is 0 Å². The zero-order valence-electron chi connectivity index (χ0n) is 21.7. The van der Waals surface area contributed by atoms with E-state index < -0.39 is 69.2 Å². The number of ether oxygens (including phenoxy) is 2. The minimum atomic E-state index is -4.96. The van der Waals surface area contributed by atoms with Gasteiger partial charge in [-0.15, -0.1) is 0 Å². The summed E-state index contributed by atoms with van der Waals surface area (Å²) >= 11 is 0. The van der Waals surface area contributed by atoms with Gasteiger partial charge in [0.2, 0.25) is 5.60 Å². The molecule has 2 heterocycles. The third kappa shape index (κ3) is 7.12. The quantitative estimate of drug-likeness (QED) is 0.376. The first-order valence-corrected chi connectivity index (χ1v) is 13.4. The molecule has 1 aromatic carbocycles. The minimum absolute atomic E-state index is 0.135. The number of nitrogens with one attached hydrogen (secondary N) is 1. The number of nitrogens with zero attached hydrogens (tertiary/aromatic N) is 2. The molecule has 0 radical (unpaired) electrons. The molecule has 41 heavy (non-hydrogen) atoms. The number of carboxylic acids is 1. The lowest BCUT2D eigenvalue weighted by atomic mass is 9.98. The first-order chi connectivity index (χ1) is 18.8. The summed E-state index contributed by atoms with van der Waals surface area (Å²) in [6.45, 7) is 2.30. The van der Waals surface area contributed by atoms with E-state index in [1.807, 2.05) is 0 Å². The molecule has 0 spiro atoms. The zero-order chi connectivity index (χ0) is 31.0. The van der Waals surface area contributed by atoms with E-state index in [-0.39, 0.29) is 30.0 Å². The highest BCUT2D eigenvalue weighted by molar-refractivity contribution is 7.92. The Labute approximate surface area is 230 Å². The molecule has 0 fully saturated rings. The highest BCUT2D eigenvalue weighted by Gasteiger charge is 2.51. The number of carboxylic acid groups (broad SMARTS) is 1. The van der Waals surface area contributed by atoms with Gasteiger partial charge < -0.3 is 14.6 Å². The van der Waals surface area contributed by atoms with E-state index in [2.05, 4.69) is 15.0 Å². The molecule has 1 aliphatic heterocycles. The third-order valence-electron chi connectivity index (χ3n) is 6.17. The van der Waals surface area contributed by atoms with Crippen LogP contribution in [0.1, 0.15) is 39.3 Å². The van der Waals surface area contributed by atoms with E-state index in [4.69, 9.17) is 4.74 Å². The van der Waals surface area contributed by atoms with E-state index in [1.165, 1.54) is 6.07 Å². The van der Waals surface area contributed by atoms with Crippen molar-refractivity contribution in [1.82, 2.24) is 4.98 Å². The molecular formula is C24H25F6N3O7S. The summed E-state index contributed by atoms with van der Waals surface area (Å²) in [7, 11) is -4.77. The van der Waals surface area contributed by atoms with Gasteiger partial charge in [-0.2, -0.15) is 26.3 Å². The van der Waals surface area contributed by atoms with Crippen LogP contribution in [0.2, 0.25) is 0 Å². The SMILES string of the molecule is CC[C@@H](C[C@H]1CN(S(=O)(=O)c2ccnc(C(F)(F)F)c2)c2cc(NC(=O)OC(C)(C)C(F)(F)F)ccc2O1)C(=O)O. The predicted octanol–water partition coefficient (Wildman–Crippen LogP) is 5.45. The van der Waals surface area contributed by atoms with E-state index in [0.717, 1.165) is 18.2 Å². The number of pyridine rings is 1. The summed E-state index contributed by atoms with van der Waals surface area (Å²) in [6, 6.07) is 4.51.